The van der Waals surface area contributed by atoms with E-state index in [1.54, 1.807) is 0 Å². The molecule has 0 aliphatic rings. The van der Waals surface area contributed by atoms with Crippen molar-refractivity contribution in [3.63, 3.8) is 0 Å². The Bertz CT molecular complexity index is 183. The first-order valence-corrected chi connectivity index (χ1v) is 5.71. The fourth-order valence-electron chi connectivity index (χ4n) is 0.574. The Balaban J connectivity index is 2.72. The Morgan fingerprint density at radius 3 is 3.00 bits per heavy atom. The van der Waals surface area contributed by atoms with Crippen molar-refractivity contribution in [2.75, 3.05) is 0 Å². The topological polar surface area (TPSA) is 12.9 Å². The summed E-state index contributed by atoms with van der Waals surface area (Å²) in [6.07, 6.45) is 1.83. The number of alkyl halides is 1. The van der Waals surface area contributed by atoms with Crippen LogP contribution >= 0.6 is 20.7 Å². The molecule has 1 heterocycles. The minimum absolute atomic E-state index is 0.116. The molecule has 1 nitrogen and oxygen atoms in total. The van der Waals surface area contributed by atoms with Crippen molar-refractivity contribution in [2.24, 2.45) is 0 Å². The normalized spacial score (nSPS) is 9.33. The van der Waals surface area contributed by atoms with Crippen LogP contribution in [-0.2, 0) is 4.43 Å². The molecule has 9 heavy (non-hydrogen) atoms. The minimum Gasteiger partial charge on any atom is -0.261 e. The molecule has 0 N–H and O–H groups in total. The first kappa shape index (κ1) is 6.86. The van der Waals surface area contributed by atoms with E-state index in [0.29, 0.717) is 0 Å². The Morgan fingerprint density at radius 1 is 1.56 bits per heavy atom. The number of rotatable bonds is 2. The van der Waals surface area contributed by atoms with Gasteiger partial charge in [0.2, 0.25) is 0 Å². The van der Waals surface area contributed by atoms with Gasteiger partial charge in [0.15, 0.2) is 0 Å². The number of hydrogen-bond acceptors (Lipinski definition) is 1. The van der Waals surface area contributed by atoms with Crippen LogP contribution in [0.2, 0.25) is 0 Å². The molecule has 0 amide bonds. The molecule has 0 saturated heterocycles. The summed E-state index contributed by atoms with van der Waals surface area (Å²) in [4.78, 5) is 4.16. The van der Waals surface area contributed by atoms with Crippen molar-refractivity contribution in [1.29, 1.82) is 0 Å². The maximum atomic E-state index is 4.16. The third-order valence-corrected chi connectivity index (χ3v) is 2.28. The molecule has 0 aliphatic heterocycles. The highest BCUT2D eigenvalue weighted by atomic mass is 127. The van der Waals surface area contributed by atoms with E-state index in [4.69, 9.17) is 0 Å². The van der Waals surface area contributed by atoms with E-state index in [9.17, 15) is 0 Å². The van der Waals surface area contributed by atoms with Crippen molar-refractivity contribution >= 4 is 25.2 Å². The minimum atomic E-state index is 0.116. The van der Waals surface area contributed by atoms with Crippen LogP contribution in [0, 0.1) is 0 Å². The third-order valence-electron chi connectivity index (χ3n) is 0.958. The van der Waals surface area contributed by atoms with Gasteiger partial charge in [0.05, 0.1) is 0 Å². The van der Waals surface area contributed by atoms with E-state index in [2.05, 4.69) is 9.50 Å². The summed E-state index contributed by atoms with van der Waals surface area (Å²) in [5.41, 5.74) is 1.18. The van der Waals surface area contributed by atoms with Crippen molar-refractivity contribution in [3.05, 3.63) is 30.1 Å². The van der Waals surface area contributed by atoms with Crippen molar-refractivity contribution in [1.82, 2.24) is 4.98 Å². The summed E-state index contributed by atoms with van der Waals surface area (Å²) in [6.45, 7) is 0. The maximum Gasteiger partial charge on any atom is 0.0496 e. The Hall–Kier alpha value is -0.250. The predicted octanol–water partition coefficient (Wildman–Crippen LogP) is 1.98. The van der Waals surface area contributed by atoms with Crippen LogP contribution in [-0.4, -0.2) is 9.50 Å². The number of nitrogens with zero attached hydrogens (tertiary/aromatic N) is 1. The van der Waals surface area contributed by atoms with Crippen LogP contribution in [0.4, 0.5) is 0 Å². The number of halogens is 1. The largest absolute Gasteiger partial charge is 0.261 e. The van der Waals surface area contributed by atoms with Crippen LogP contribution in [0.25, 0.3) is 0 Å². The third kappa shape index (κ3) is 2.22. The zero-order valence-corrected chi connectivity index (χ0v) is 7.21. The summed E-state index contributed by atoms with van der Waals surface area (Å²) in [6, 6.07) is 6.00. The van der Waals surface area contributed by atoms with Crippen LogP contribution in [0.3, 0.4) is 0 Å². The fourth-order valence-corrected chi connectivity index (χ4v) is 1.58. The molecule has 0 spiro atoms. The highest BCUT2D eigenvalue weighted by Gasteiger charge is 1.84. The first-order valence-electron chi connectivity index (χ1n) is 2.66. The van der Waals surface area contributed by atoms with Crippen LogP contribution in [0.5, 0.6) is 0 Å². The number of hydrogen-bond donors (Lipinski definition) is 0. The van der Waals surface area contributed by atoms with Gasteiger partial charge in [-0.25, -0.2) is 0 Å². The lowest BCUT2D eigenvalue weighted by Crippen LogP contribution is -1.79. The molecule has 1 aromatic heterocycles. The van der Waals surface area contributed by atoms with Gasteiger partial charge in [0, 0.05) is 16.3 Å². The zero-order chi connectivity index (χ0) is 6.53. The number of pyridine rings is 1. The van der Waals surface area contributed by atoms with Crippen LogP contribution in [0.1, 0.15) is 5.69 Å². The van der Waals surface area contributed by atoms with Gasteiger partial charge in [-0.3, -0.25) is 4.98 Å². The quantitative estimate of drug-likeness (QED) is 0.562. The smallest absolute Gasteiger partial charge is 0.0496 e. The molecule has 1 rings (SSSR count). The van der Waals surface area contributed by atoms with Gasteiger partial charge in [0.25, 0.3) is 0 Å². The van der Waals surface area contributed by atoms with Crippen LogP contribution < -0.4 is 0 Å². The molecular formula is C7H8IN. The Labute approximate surface area is 64.9 Å². The fraction of sp³-hybridized carbons (Fsp3) is 0.143. The first-order chi connectivity index (χ1) is 4.43. The maximum absolute atomic E-state index is 4.16. The monoisotopic (exact) mass is 233 g/mol. The highest BCUT2D eigenvalue weighted by Crippen LogP contribution is 2.03. The Morgan fingerprint density at radius 2 is 2.44 bits per heavy atom. The molecule has 1 aromatic rings. The number of aromatic nitrogens is 1. The van der Waals surface area contributed by atoms with Gasteiger partial charge in [-0.2, -0.15) is 0 Å². The summed E-state index contributed by atoms with van der Waals surface area (Å²) in [7, 11) is 0. The highest BCUT2D eigenvalue weighted by molar-refractivity contribution is 14.2. The van der Waals surface area contributed by atoms with E-state index in [0.717, 1.165) is 4.43 Å². The SMILES string of the molecule is C=ICc1ccccn1. The van der Waals surface area contributed by atoms with Gasteiger partial charge >= 0.3 is 0 Å². The molecule has 2 heteroatoms. The predicted molar refractivity (Wildman–Crippen MR) is 49.1 cm³/mol. The molecule has 0 radical (unpaired) electrons. The second-order valence-electron chi connectivity index (χ2n) is 1.64. The zero-order valence-electron chi connectivity index (χ0n) is 5.05. The van der Waals surface area contributed by atoms with E-state index >= 15 is 0 Å². The molecule has 0 bridgehead atoms. The molecule has 0 aromatic carbocycles. The van der Waals surface area contributed by atoms with E-state index < -0.39 is 0 Å². The summed E-state index contributed by atoms with van der Waals surface area (Å²) < 4.78 is 4.95. The van der Waals surface area contributed by atoms with Gasteiger partial charge in [-0.15, -0.1) is 20.7 Å². The van der Waals surface area contributed by atoms with Gasteiger partial charge in [0.1, 0.15) is 0 Å². The van der Waals surface area contributed by atoms with Crippen LogP contribution in [0.15, 0.2) is 24.4 Å². The average molecular weight is 233 g/mol. The lowest BCUT2D eigenvalue weighted by atomic mass is 10.4. The van der Waals surface area contributed by atoms with Gasteiger partial charge < -0.3 is 0 Å². The average Bonchev–Trinajstić information content (AvgIpc) is 1.91. The molecule has 0 atom stereocenters. The molecular weight excluding hydrogens is 225 g/mol. The van der Waals surface area contributed by atoms with Gasteiger partial charge in [-0.05, 0) is 12.1 Å². The van der Waals surface area contributed by atoms with Crippen molar-refractivity contribution < 1.29 is 0 Å². The van der Waals surface area contributed by atoms with E-state index in [-0.39, 0.29) is 20.7 Å². The lowest BCUT2D eigenvalue weighted by molar-refractivity contribution is 1.19. The van der Waals surface area contributed by atoms with E-state index in [1.807, 2.05) is 24.4 Å². The summed E-state index contributed by atoms with van der Waals surface area (Å²) in [5, 5.41) is 0. The molecule has 48 valence electrons. The molecule has 0 aliphatic carbocycles. The standard InChI is InChI=1S/C7H8IN/c1-8-6-7-4-2-3-5-9-7/h2-5H,1,6H2. The Kier molecular flexibility index (Phi) is 2.83. The second-order valence-corrected chi connectivity index (χ2v) is 3.49. The molecule has 0 saturated carbocycles. The van der Waals surface area contributed by atoms with Gasteiger partial charge in [-0.1, -0.05) is 10.6 Å². The molecule has 0 unspecified atom stereocenters. The summed E-state index contributed by atoms with van der Waals surface area (Å²) >= 11 is 0.116. The molecule has 0 fully saturated rings. The van der Waals surface area contributed by atoms with Crippen molar-refractivity contribution in [3.8, 4) is 0 Å². The lowest BCUT2D eigenvalue weighted by Gasteiger charge is -1.89. The van der Waals surface area contributed by atoms with E-state index in [1.165, 1.54) is 5.69 Å². The second kappa shape index (κ2) is 3.71. The summed E-state index contributed by atoms with van der Waals surface area (Å²) in [5.74, 6) is 0. The van der Waals surface area contributed by atoms with Crippen molar-refractivity contribution in [2.45, 2.75) is 4.43 Å².